The van der Waals surface area contributed by atoms with Crippen LogP contribution in [0.5, 0.6) is 0 Å². The van der Waals surface area contributed by atoms with Crippen LogP contribution in [0.3, 0.4) is 0 Å². The normalized spacial score (nSPS) is 11.5. The van der Waals surface area contributed by atoms with Crippen LogP contribution < -0.4 is 9.44 Å². The predicted molar refractivity (Wildman–Crippen MR) is 144 cm³/mol. The van der Waals surface area contributed by atoms with E-state index in [2.05, 4.69) is 14.2 Å². The van der Waals surface area contributed by atoms with E-state index in [1.54, 1.807) is 35.0 Å². The predicted octanol–water partition coefficient (Wildman–Crippen LogP) is 4.55. The standard InChI is InChI=1S/C24H20N2O8S4/c1-33-23(27)17-8-6-16(7-9-17)15-34-24(28)18-12-19(25-37(29,30)21-4-2-10-35-21)14-20(13-18)26-38(31,32)22-5-3-11-36-22/h2-14,25-26H,15H2,1H3. The molecule has 2 heterocycles. The van der Waals surface area contributed by atoms with Crippen molar-refractivity contribution in [2.24, 2.45) is 0 Å². The molecular formula is C24H20N2O8S4. The molecule has 0 amide bonds. The van der Waals surface area contributed by atoms with Gasteiger partial charge in [0, 0.05) is 0 Å². The topological polar surface area (TPSA) is 145 Å². The molecule has 0 fully saturated rings. The Kier molecular flexibility index (Phi) is 8.16. The van der Waals surface area contributed by atoms with Crippen LogP contribution in [0.4, 0.5) is 11.4 Å². The molecule has 0 atom stereocenters. The van der Waals surface area contributed by atoms with Crippen molar-refractivity contribution in [3.05, 3.63) is 94.2 Å². The lowest BCUT2D eigenvalue weighted by Gasteiger charge is -2.13. The number of nitrogens with one attached hydrogen (secondary N) is 2. The molecule has 0 aliphatic rings. The van der Waals surface area contributed by atoms with Gasteiger partial charge in [-0.05, 0) is 58.8 Å². The van der Waals surface area contributed by atoms with Crippen molar-refractivity contribution in [2.75, 3.05) is 16.6 Å². The molecule has 10 nitrogen and oxygen atoms in total. The summed E-state index contributed by atoms with van der Waals surface area (Å²) in [5.41, 5.74) is 0.736. The SMILES string of the molecule is COC(=O)c1ccc(COC(=O)c2cc(NS(=O)(=O)c3cccs3)cc(NS(=O)(=O)c3cccs3)c2)cc1. The summed E-state index contributed by atoms with van der Waals surface area (Å²) >= 11 is 2.00. The Labute approximate surface area is 227 Å². The molecule has 0 aliphatic heterocycles. The third-order valence-corrected chi connectivity index (χ3v) is 10.5. The Balaban J connectivity index is 1.59. The van der Waals surface area contributed by atoms with Crippen LogP contribution in [-0.4, -0.2) is 35.9 Å². The van der Waals surface area contributed by atoms with Gasteiger partial charge in [-0.1, -0.05) is 24.3 Å². The van der Waals surface area contributed by atoms with E-state index in [4.69, 9.17) is 4.74 Å². The number of methoxy groups -OCH3 is 1. The van der Waals surface area contributed by atoms with Gasteiger partial charge in [0.25, 0.3) is 20.0 Å². The lowest BCUT2D eigenvalue weighted by Crippen LogP contribution is -2.15. The van der Waals surface area contributed by atoms with Crippen LogP contribution in [0.25, 0.3) is 0 Å². The van der Waals surface area contributed by atoms with Crippen LogP contribution in [0.2, 0.25) is 0 Å². The molecule has 2 aromatic carbocycles. The summed E-state index contributed by atoms with van der Waals surface area (Å²) in [7, 11) is -6.70. The van der Waals surface area contributed by atoms with Crippen LogP contribution in [0.1, 0.15) is 26.3 Å². The quantitative estimate of drug-likeness (QED) is 0.255. The fourth-order valence-corrected chi connectivity index (χ4v) is 7.26. The highest BCUT2D eigenvalue weighted by Gasteiger charge is 2.21. The minimum atomic E-state index is -3.98. The largest absolute Gasteiger partial charge is 0.465 e. The van der Waals surface area contributed by atoms with Gasteiger partial charge in [-0.15, -0.1) is 22.7 Å². The number of anilines is 2. The molecule has 0 saturated carbocycles. The second-order valence-corrected chi connectivity index (χ2v) is 13.4. The van der Waals surface area contributed by atoms with Crippen molar-refractivity contribution in [1.29, 1.82) is 0 Å². The summed E-state index contributed by atoms with van der Waals surface area (Å²) < 4.78 is 65.8. The smallest absolute Gasteiger partial charge is 0.338 e. The number of ether oxygens (including phenoxy) is 2. The van der Waals surface area contributed by atoms with Crippen LogP contribution >= 0.6 is 22.7 Å². The first kappa shape index (κ1) is 27.3. The third-order valence-electron chi connectivity index (χ3n) is 4.94. The fraction of sp³-hybridized carbons (Fsp3) is 0.0833. The number of esters is 2. The van der Waals surface area contributed by atoms with Gasteiger partial charge in [-0.3, -0.25) is 9.44 Å². The van der Waals surface area contributed by atoms with Crippen LogP contribution in [0.15, 0.2) is 85.9 Å². The minimum absolute atomic E-state index is 0.0424. The Bertz CT molecular complexity index is 1560. The molecule has 0 unspecified atom stereocenters. The van der Waals surface area contributed by atoms with Gasteiger partial charge < -0.3 is 9.47 Å². The summed E-state index contributed by atoms with van der Waals surface area (Å²) in [6.07, 6.45) is 0. The number of thiophene rings is 2. The zero-order valence-electron chi connectivity index (χ0n) is 19.6. The Morgan fingerprint density at radius 1 is 0.737 bits per heavy atom. The van der Waals surface area contributed by atoms with E-state index in [0.717, 1.165) is 22.7 Å². The van der Waals surface area contributed by atoms with Gasteiger partial charge in [-0.2, -0.15) is 0 Å². The van der Waals surface area contributed by atoms with Crippen LogP contribution in [-0.2, 0) is 36.1 Å². The maximum absolute atomic E-state index is 12.9. The van der Waals surface area contributed by atoms with Crippen molar-refractivity contribution in [1.82, 2.24) is 0 Å². The maximum atomic E-state index is 12.9. The molecule has 4 rings (SSSR count). The number of carbonyl (C=O) groups is 2. The van der Waals surface area contributed by atoms with E-state index in [9.17, 15) is 26.4 Å². The lowest BCUT2D eigenvalue weighted by molar-refractivity contribution is 0.0471. The number of hydrogen-bond donors (Lipinski definition) is 2. The van der Waals surface area contributed by atoms with Gasteiger partial charge in [0.1, 0.15) is 15.0 Å². The monoisotopic (exact) mass is 592 g/mol. The first-order valence-corrected chi connectivity index (χ1v) is 15.4. The first-order chi connectivity index (χ1) is 18.1. The highest BCUT2D eigenvalue weighted by Crippen LogP contribution is 2.27. The van der Waals surface area contributed by atoms with Gasteiger partial charge in [0.2, 0.25) is 0 Å². The average Bonchev–Trinajstić information content (AvgIpc) is 3.62. The van der Waals surface area contributed by atoms with E-state index >= 15 is 0 Å². The molecule has 38 heavy (non-hydrogen) atoms. The molecule has 14 heteroatoms. The second kappa shape index (κ2) is 11.3. The first-order valence-electron chi connectivity index (χ1n) is 10.7. The summed E-state index contributed by atoms with van der Waals surface area (Å²) in [5.74, 6) is -1.33. The van der Waals surface area contributed by atoms with Gasteiger partial charge >= 0.3 is 11.9 Å². The van der Waals surface area contributed by atoms with Gasteiger partial charge in [-0.25, -0.2) is 26.4 Å². The Hall–Kier alpha value is -3.72. The molecule has 4 aromatic rings. The number of rotatable bonds is 10. The molecule has 198 valence electrons. The van der Waals surface area contributed by atoms with E-state index in [0.29, 0.717) is 11.1 Å². The van der Waals surface area contributed by atoms with E-state index < -0.39 is 32.0 Å². The van der Waals surface area contributed by atoms with E-state index in [1.807, 2.05) is 0 Å². The summed E-state index contributed by atoms with van der Waals surface area (Å²) in [6, 6.07) is 16.0. The minimum Gasteiger partial charge on any atom is -0.465 e. The Morgan fingerprint density at radius 3 is 1.71 bits per heavy atom. The average molecular weight is 593 g/mol. The van der Waals surface area contributed by atoms with Gasteiger partial charge in [0.05, 0.1) is 29.6 Å². The fourth-order valence-electron chi connectivity index (χ4n) is 3.19. The number of sulfonamides is 2. The number of hydrogen-bond acceptors (Lipinski definition) is 10. The molecule has 0 radical (unpaired) electrons. The Morgan fingerprint density at radius 2 is 1.26 bits per heavy atom. The molecule has 2 aromatic heterocycles. The molecule has 0 saturated heterocycles. The maximum Gasteiger partial charge on any atom is 0.338 e. The highest BCUT2D eigenvalue weighted by molar-refractivity contribution is 7.95. The van der Waals surface area contributed by atoms with Crippen molar-refractivity contribution in [3.63, 3.8) is 0 Å². The van der Waals surface area contributed by atoms with Crippen molar-refractivity contribution >= 4 is 66.0 Å². The zero-order chi connectivity index (χ0) is 27.3. The van der Waals surface area contributed by atoms with E-state index in [-0.39, 0.29) is 32.0 Å². The van der Waals surface area contributed by atoms with Gasteiger partial charge in [0.15, 0.2) is 0 Å². The summed E-state index contributed by atoms with van der Waals surface area (Å²) in [4.78, 5) is 24.5. The summed E-state index contributed by atoms with van der Waals surface area (Å²) in [5, 5.41) is 3.20. The zero-order valence-corrected chi connectivity index (χ0v) is 22.9. The number of carbonyl (C=O) groups excluding carboxylic acids is 2. The third kappa shape index (κ3) is 6.58. The lowest BCUT2D eigenvalue weighted by atomic mass is 10.1. The van der Waals surface area contributed by atoms with Crippen molar-refractivity contribution in [2.45, 2.75) is 15.0 Å². The second-order valence-electron chi connectivity index (χ2n) is 7.64. The molecule has 0 spiro atoms. The molecule has 0 bridgehead atoms. The number of benzene rings is 2. The van der Waals surface area contributed by atoms with Crippen LogP contribution in [0, 0.1) is 0 Å². The van der Waals surface area contributed by atoms with E-state index in [1.165, 1.54) is 49.6 Å². The molecule has 2 N–H and O–H groups in total. The summed E-state index contributed by atoms with van der Waals surface area (Å²) in [6.45, 7) is -0.151. The van der Waals surface area contributed by atoms with Crippen molar-refractivity contribution in [3.8, 4) is 0 Å². The molecular weight excluding hydrogens is 573 g/mol. The molecule has 0 aliphatic carbocycles. The highest BCUT2D eigenvalue weighted by atomic mass is 32.3. The van der Waals surface area contributed by atoms with Crippen molar-refractivity contribution < 1.29 is 35.9 Å².